The van der Waals surface area contributed by atoms with Crippen LogP contribution >= 0.6 is 11.6 Å². The second-order valence-corrected chi connectivity index (χ2v) is 5.44. The highest BCUT2D eigenvalue weighted by Gasteiger charge is 2.10. The standard InChI is InChI=1S/C16H18ClN3O2/c1-10(2)19-12-6-7-18-14(9-12)16(21)20-11-4-5-15(22-3)13(17)8-11/h4-10H,1-3H3,(H,18,19)(H,20,21). The van der Waals surface area contributed by atoms with Crippen LogP contribution in [0.3, 0.4) is 0 Å². The van der Waals surface area contributed by atoms with E-state index in [9.17, 15) is 4.79 Å². The lowest BCUT2D eigenvalue weighted by Gasteiger charge is -2.11. The molecule has 2 aromatic rings. The molecule has 0 bridgehead atoms. The van der Waals surface area contributed by atoms with Crippen molar-refractivity contribution in [3.63, 3.8) is 0 Å². The summed E-state index contributed by atoms with van der Waals surface area (Å²) in [6, 6.07) is 8.86. The minimum atomic E-state index is -0.298. The van der Waals surface area contributed by atoms with Crippen LogP contribution in [-0.2, 0) is 0 Å². The van der Waals surface area contributed by atoms with E-state index in [2.05, 4.69) is 15.6 Å². The fourth-order valence-corrected chi connectivity index (χ4v) is 2.17. The Morgan fingerprint density at radius 2 is 2.00 bits per heavy atom. The molecule has 0 unspecified atom stereocenters. The van der Waals surface area contributed by atoms with Crippen LogP contribution < -0.4 is 15.4 Å². The van der Waals surface area contributed by atoms with Crippen LogP contribution in [0.25, 0.3) is 0 Å². The van der Waals surface area contributed by atoms with Gasteiger partial charge in [-0.1, -0.05) is 11.6 Å². The Labute approximate surface area is 134 Å². The monoisotopic (exact) mass is 319 g/mol. The number of benzene rings is 1. The summed E-state index contributed by atoms with van der Waals surface area (Å²) in [5, 5.41) is 6.43. The summed E-state index contributed by atoms with van der Waals surface area (Å²) in [5.74, 6) is 0.259. The summed E-state index contributed by atoms with van der Waals surface area (Å²) in [5.41, 5.74) is 1.76. The fraction of sp³-hybridized carbons (Fsp3) is 0.250. The minimum Gasteiger partial charge on any atom is -0.495 e. The van der Waals surface area contributed by atoms with Gasteiger partial charge in [0.2, 0.25) is 0 Å². The smallest absolute Gasteiger partial charge is 0.274 e. The van der Waals surface area contributed by atoms with E-state index in [0.29, 0.717) is 22.2 Å². The molecule has 0 radical (unpaired) electrons. The fourth-order valence-electron chi connectivity index (χ4n) is 1.92. The molecule has 0 spiro atoms. The Morgan fingerprint density at radius 3 is 2.64 bits per heavy atom. The van der Waals surface area contributed by atoms with Gasteiger partial charge in [-0.15, -0.1) is 0 Å². The van der Waals surface area contributed by atoms with Gasteiger partial charge in [0.1, 0.15) is 11.4 Å². The number of carbonyl (C=O) groups excluding carboxylic acids is 1. The molecule has 1 amide bonds. The molecule has 0 saturated carbocycles. The maximum atomic E-state index is 12.2. The zero-order valence-electron chi connectivity index (χ0n) is 12.7. The summed E-state index contributed by atoms with van der Waals surface area (Å²) in [6.45, 7) is 4.05. The van der Waals surface area contributed by atoms with Crippen molar-refractivity contribution in [2.24, 2.45) is 0 Å². The third-order valence-corrected chi connectivity index (χ3v) is 3.15. The molecule has 0 fully saturated rings. The molecule has 2 rings (SSSR count). The Morgan fingerprint density at radius 1 is 1.23 bits per heavy atom. The second-order valence-electron chi connectivity index (χ2n) is 5.03. The van der Waals surface area contributed by atoms with Gasteiger partial charge in [0.05, 0.1) is 12.1 Å². The maximum Gasteiger partial charge on any atom is 0.274 e. The van der Waals surface area contributed by atoms with E-state index in [1.165, 1.54) is 7.11 Å². The van der Waals surface area contributed by atoms with Crippen molar-refractivity contribution in [1.29, 1.82) is 0 Å². The number of pyridine rings is 1. The van der Waals surface area contributed by atoms with Crippen molar-refractivity contribution >= 4 is 28.9 Å². The van der Waals surface area contributed by atoms with Gasteiger partial charge in [-0.3, -0.25) is 9.78 Å². The highest BCUT2D eigenvalue weighted by molar-refractivity contribution is 6.32. The third-order valence-electron chi connectivity index (χ3n) is 2.86. The molecule has 0 aliphatic carbocycles. The summed E-state index contributed by atoms with van der Waals surface area (Å²) >= 11 is 6.04. The van der Waals surface area contributed by atoms with E-state index in [0.717, 1.165) is 5.69 Å². The van der Waals surface area contributed by atoms with E-state index in [1.807, 2.05) is 19.9 Å². The predicted octanol–water partition coefficient (Wildman–Crippen LogP) is 3.82. The minimum absolute atomic E-state index is 0.277. The third kappa shape index (κ3) is 4.11. The number of methoxy groups -OCH3 is 1. The van der Waals surface area contributed by atoms with Gasteiger partial charge in [0.25, 0.3) is 5.91 Å². The molecule has 5 nitrogen and oxygen atoms in total. The van der Waals surface area contributed by atoms with Crippen molar-refractivity contribution in [2.45, 2.75) is 19.9 Å². The summed E-state index contributed by atoms with van der Waals surface area (Å²) in [7, 11) is 1.54. The quantitative estimate of drug-likeness (QED) is 0.879. The van der Waals surface area contributed by atoms with E-state index >= 15 is 0 Å². The summed E-state index contributed by atoms with van der Waals surface area (Å²) < 4.78 is 5.08. The molecule has 0 aliphatic heterocycles. The molecule has 0 atom stereocenters. The molecule has 6 heteroatoms. The Kier molecular flexibility index (Phi) is 5.22. The highest BCUT2D eigenvalue weighted by atomic mass is 35.5. The Bertz CT molecular complexity index is 674. The van der Waals surface area contributed by atoms with Gasteiger partial charge in [-0.05, 0) is 44.2 Å². The van der Waals surface area contributed by atoms with Crippen molar-refractivity contribution in [1.82, 2.24) is 4.98 Å². The number of carbonyl (C=O) groups is 1. The largest absolute Gasteiger partial charge is 0.495 e. The molecule has 1 heterocycles. The number of anilines is 2. The zero-order chi connectivity index (χ0) is 16.1. The van der Waals surface area contributed by atoms with E-state index < -0.39 is 0 Å². The van der Waals surface area contributed by atoms with Gasteiger partial charge < -0.3 is 15.4 Å². The van der Waals surface area contributed by atoms with Crippen LogP contribution in [0.4, 0.5) is 11.4 Å². The van der Waals surface area contributed by atoms with Crippen molar-refractivity contribution in [2.75, 3.05) is 17.7 Å². The molecule has 1 aromatic heterocycles. The molecular formula is C16H18ClN3O2. The number of nitrogens with zero attached hydrogens (tertiary/aromatic N) is 1. The number of ether oxygens (including phenoxy) is 1. The number of halogens is 1. The van der Waals surface area contributed by atoms with Crippen molar-refractivity contribution in [3.8, 4) is 5.75 Å². The number of hydrogen-bond donors (Lipinski definition) is 2. The average molecular weight is 320 g/mol. The Hall–Kier alpha value is -2.27. The number of hydrogen-bond acceptors (Lipinski definition) is 4. The van der Waals surface area contributed by atoms with Gasteiger partial charge >= 0.3 is 0 Å². The van der Waals surface area contributed by atoms with Crippen LogP contribution in [0.15, 0.2) is 36.5 Å². The van der Waals surface area contributed by atoms with Crippen LogP contribution in [-0.4, -0.2) is 24.0 Å². The normalized spacial score (nSPS) is 10.4. The molecule has 1 aromatic carbocycles. The number of rotatable bonds is 5. The van der Waals surface area contributed by atoms with E-state index in [4.69, 9.17) is 16.3 Å². The van der Waals surface area contributed by atoms with E-state index in [-0.39, 0.29) is 11.9 Å². The molecule has 0 aliphatic rings. The SMILES string of the molecule is COc1ccc(NC(=O)c2cc(NC(C)C)ccn2)cc1Cl. The van der Waals surface area contributed by atoms with Crippen molar-refractivity contribution < 1.29 is 9.53 Å². The number of amides is 1. The molecule has 0 saturated heterocycles. The average Bonchev–Trinajstić information content (AvgIpc) is 2.47. The Balaban J connectivity index is 2.13. The zero-order valence-corrected chi connectivity index (χ0v) is 13.4. The van der Waals surface area contributed by atoms with Crippen LogP contribution in [0.5, 0.6) is 5.75 Å². The highest BCUT2D eigenvalue weighted by Crippen LogP contribution is 2.27. The van der Waals surface area contributed by atoms with Gasteiger partial charge in [0.15, 0.2) is 0 Å². The molecule has 116 valence electrons. The lowest BCUT2D eigenvalue weighted by Crippen LogP contribution is -2.15. The van der Waals surface area contributed by atoms with Crippen LogP contribution in [0.1, 0.15) is 24.3 Å². The van der Waals surface area contributed by atoms with Gasteiger partial charge in [-0.2, -0.15) is 0 Å². The lowest BCUT2D eigenvalue weighted by molar-refractivity contribution is 0.102. The van der Waals surface area contributed by atoms with Crippen molar-refractivity contribution in [3.05, 3.63) is 47.2 Å². The molecular weight excluding hydrogens is 302 g/mol. The number of aromatic nitrogens is 1. The maximum absolute atomic E-state index is 12.2. The van der Waals surface area contributed by atoms with Crippen LogP contribution in [0, 0.1) is 0 Å². The van der Waals surface area contributed by atoms with E-state index in [1.54, 1.807) is 30.5 Å². The number of nitrogens with one attached hydrogen (secondary N) is 2. The first-order chi connectivity index (χ1) is 10.5. The second kappa shape index (κ2) is 7.13. The van der Waals surface area contributed by atoms with Gasteiger partial charge in [-0.25, -0.2) is 0 Å². The molecule has 22 heavy (non-hydrogen) atoms. The first-order valence-electron chi connectivity index (χ1n) is 6.87. The topological polar surface area (TPSA) is 63.2 Å². The first-order valence-corrected chi connectivity index (χ1v) is 7.25. The predicted molar refractivity (Wildman–Crippen MR) is 89.0 cm³/mol. The summed E-state index contributed by atoms with van der Waals surface area (Å²) in [6.07, 6.45) is 1.60. The molecule has 2 N–H and O–H groups in total. The van der Waals surface area contributed by atoms with Gasteiger partial charge in [0, 0.05) is 23.6 Å². The first kappa shape index (κ1) is 16.1. The summed E-state index contributed by atoms with van der Waals surface area (Å²) in [4.78, 5) is 16.3. The lowest BCUT2D eigenvalue weighted by atomic mass is 10.2. The van der Waals surface area contributed by atoms with Crippen LogP contribution in [0.2, 0.25) is 5.02 Å².